The zero-order chi connectivity index (χ0) is 9.47. The van der Waals surface area contributed by atoms with E-state index < -0.39 is 5.92 Å². The predicted octanol–water partition coefficient (Wildman–Crippen LogP) is 1.39. The average Bonchev–Trinajstić information content (AvgIpc) is 2.56. The van der Waals surface area contributed by atoms with Crippen LogP contribution in [0.4, 0.5) is 8.78 Å². The van der Waals surface area contributed by atoms with Crippen LogP contribution in [-0.2, 0) is 0 Å². The fraction of sp³-hybridized carbons (Fsp3) is 0.625. The van der Waals surface area contributed by atoms with E-state index in [-0.39, 0.29) is 19.0 Å². The second kappa shape index (κ2) is 2.77. The monoisotopic (exact) mass is 187 g/mol. The highest BCUT2D eigenvalue weighted by Gasteiger charge is 2.40. The Morgan fingerprint density at radius 3 is 2.85 bits per heavy atom. The van der Waals surface area contributed by atoms with Gasteiger partial charge in [0.05, 0.1) is 12.6 Å². The molecule has 1 aromatic rings. The van der Waals surface area contributed by atoms with Crippen LogP contribution in [0.1, 0.15) is 24.0 Å². The Bertz CT molecular complexity index is 308. The minimum Gasteiger partial charge on any atom is -0.345 e. The van der Waals surface area contributed by atoms with E-state index in [9.17, 15) is 8.78 Å². The minimum atomic E-state index is -2.59. The highest BCUT2D eigenvalue weighted by Crippen LogP contribution is 2.32. The summed E-state index contributed by atoms with van der Waals surface area (Å²) in [5, 5.41) is 2.73. The summed E-state index contributed by atoms with van der Waals surface area (Å²) in [5.41, 5.74) is 0.895. The second-order valence-electron chi connectivity index (χ2n) is 3.45. The van der Waals surface area contributed by atoms with Gasteiger partial charge >= 0.3 is 0 Å². The van der Waals surface area contributed by atoms with Crippen molar-refractivity contribution in [2.75, 3.05) is 6.54 Å². The number of aryl methyl sites for hydroxylation is 1. The van der Waals surface area contributed by atoms with Gasteiger partial charge in [-0.25, -0.2) is 13.8 Å². The zero-order valence-electron chi connectivity index (χ0n) is 7.27. The molecule has 1 aliphatic rings. The molecule has 0 radical (unpaired) electrons. The lowest BCUT2D eigenvalue weighted by atomic mass is 10.2. The summed E-state index contributed by atoms with van der Waals surface area (Å²) < 4.78 is 25.6. The lowest BCUT2D eigenvalue weighted by Gasteiger charge is -2.06. The summed E-state index contributed by atoms with van der Waals surface area (Å²) in [6.45, 7) is 1.60. The number of rotatable bonds is 1. The summed E-state index contributed by atoms with van der Waals surface area (Å²) >= 11 is 0. The van der Waals surface area contributed by atoms with E-state index in [1.165, 1.54) is 0 Å². The number of imidazole rings is 1. The van der Waals surface area contributed by atoms with Crippen molar-refractivity contribution in [3.63, 3.8) is 0 Å². The highest BCUT2D eigenvalue weighted by atomic mass is 19.3. The van der Waals surface area contributed by atoms with Crippen LogP contribution in [0.2, 0.25) is 0 Å². The standard InChI is InChI=1S/C8H11F2N3/c1-5-3-11-7(13-5)6-2-8(9,10)4-12-6/h3,6,12H,2,4H2,1H3,(H,11,13)/t6-/m0/s1. The molecule has 0 aromatic carbocycles. The Hall–Kier alpha value is -0.970. The van der Waals surface area contributed by atoms with Crippen molar-refractivity contribution in [3.05, 3.63) is 17.7 Å². The number of H-pyrrole nitrogens is 1. The van der Waals surface area contributed by atoms with E-state index in [4.69, 9.17) is 0 Å². The largest absolute Gasteiger partial charge is 0.345 e. The molecule has 1 aromatic heterocycles. The smallest absolute Gasteiger partial charge is 0.262 e. The number of hydrogen-bond acceptors (Lipinski definition) is 2. The number of hydrogen-bond donors (Lipinski definition) is 2. The maximum absolute atomic E-state index is 12.8. The van der Waals surface area contributed by atoms with Crippen LogP contribution in [0.15, 0.2) is 6.20 Å². The van der Waals surface area contributed by atoms with E-state index >= 15 is 0 Å². The molecule has 72 valence electrons. The van der Waals surface area contributed by atoms with Gasteiger partial charge in [-0.05, 0) is 6.92 Å². The molecule has 0 bridgehead atoms. The Balaban J connectivity index is 2.12. The summed E-state index contributed by atoms with van der Waals surface area (Å²) in [6.07, 6.45) is 1.48. The third-order valence-electron chi connectivity index (χ3n) is 2.16. The fourth-order valence-corrected chi connectivity index (χ4v) is 1.52. The summed E-state index contributed by atoms with van der Waals surface area (Å²) in [7, 11) is 0. The van der Waals surface area contributed by atoms with E-state index in [1.54, 1.807) is 6.20 Å². The minimum absolute atomic E-state index is 0.167. The number of aromatic nitrogens is 2. The molecule has 3 nitrogen and oxygen atoms in total. The first-order valence-electron chi connectivity index (χ1n) is 4.19. The first-order valence-corrected chi connectivity index (χ1v) is 4.19. The lowest BCUT2D eigenvalue weighted by Crippen LogP contribution is -2.19. The number of halogens is 2. The summed E-state index contributed by atoms with van der Waals surface area (Å²) in [4.78, 5) is 6.96. The van der Waals surface area contributed by atoms with Crippen LogP contribution in [0.25, 0.3) is 0 Å². The number of nitrogens with zero attached hydrogens (tertiary/aromatic N) is 1. The molecule has 1 aliphatic heterocycles. The third kappa shape index (κ3) is 1.70. The first-order chi connectivity index (χ1) is 6.07. The van der Waals surface area contributed by atoms with E-state index in [1.807, 2.05) is 6.92 Å². The van der Waals surface area contributed by atoms with Gasteiger partial charge in [-0.1, -0.05) is 0 Å². The lowest BCUT2D eigenvalue weighted by molar-refractivity contribution is 0.0208. The number of alkyl halides is 2. The molecule has 0 spiro atoms. The SMILES string of the molecule is Cc1cnc([C@@H]2CC(F)(F)CN2)[nH]1. The first kappa shape index (κ1) is 8.62. The van der Waals surface area contributed by atoms with Crippen molar-refractivity contribution in [2.24, 2.45) is 0 Å². The van der Waals surface area contributed by atoms with Crippen molar-refractivity contribution < 1.29 is 8.78 Å². The molecule has 1 fully saturated rings. The third-order valence-corrected chi connectivity index (χ3v) is 2.16. The maximum Gasteiger partial charge on any atom is 0.262 e. The van der Waals surface area contributed by atoms with Crippen molar-refractivity contribution in [2.45, 2.75) is 25.3 Å². The molecule has 2 rings (SSSR count). The number of aromatic amines is 1. The van der Waals surface area contributed by atoms with Gasteiger partial charge in [0.25, 0.3) is 5.92 Å². The van der Waals surface area contributed by atoms with Gasteiger partial charge < -0.3 is 10.3 Å². The van der Waals surface area contributed by atoms with E-state index in [0.717, 1.165) is 5.69 Å². The van der Waals surface area contributed by atoms with Gasteiger partial charge in [0.1, 0.15) is 5.82 Å². The maximum atomic E-state index is 12.8. The summed E-state index contributed by atoms with van der Waals surface area (Å²) in [5.74, 6) is -1.99. The van der Waals surface area contributed by atoms with Crippen molar-refractivity contribution in [3.8, 4) is 0 Å². The second-order valence-corrected chi connectivity index (χ2v) is 3.45. The highest BCUT2D eigenvalue weighted by molar-refractivity contribution is 5.06. The van der Waals surface area contributed by atoms with Gasteiger partial charge in [0.15, 0.2) is 0 Å². The van der Waals surface area contributed by atoms with Crippen LogP contribution in [-0.4, -0.2) is 22.4 Å². The normalized spacial score (nSPS) is 26.5. The van der Waals surface area contributed by atoms with Crippen LogP contribution in [0.5, 0.6) is 0 Å². The van der Waals surface area contributed by atoms with Gasteiger partial charge in [-0.3, -0.25) is 0 Å². The molecular weight excluding hydrogens is 176 g/mol. The van der Waals surface area contributed by atoms with Crippen molar-refractivity contribution in [1.82, 2.24) is 15.3 Å². The average molecular weight is 187 g/mol. The molecule has 0 unspecified atom stereocenters. The summed E-state index contributed by atoms with van der Waals surface area (Å²) in [6, 6.07) is -0.330. The molecule has 0 aliphatic carbocycles. The van der Waals surface area contributed by atoms with E-state index in [0.29, 0.717) is 5.82 Å². The topological polar surface area (TPSA) is 40.7 Å². The van der Waals surface area contributed by atoms with Crippen LogP contribution in [0.3, 0.4) is 0 Å². The van der Waals surface area contributed by atoms with Crippen molar-refractivity contribution >= 4 is 0 Å². The molecule has 5 heteroatoms. The molecule has 0 amide bonds. The molecule has 2 heterocycles. The van der Waals surface area contributed by atoms with E-state index in [2.05, 4.69) is 15.3 Å². The van der Waals surface area contributed by atoms with Crippen molar-refractivity contribution in [1.29, 1.82) is 0 Å². The molecule has 2 N–H and O–H groups in total. The zero-order valence-corrected chi connectivity index (χ0v) is 7.27. The Labute approximate surface area is 74.6 Å². The van der Waals surface area contributed by atoms with Crippen LogP contribution < -0.4 is 5.32 Å². The Morgan fingerprint density at radius 1 is 1.62 bits per heavy atom. The molecule has 1 saturated heterocycles. The quantitative estimate of drug-likeness (QED) is 0.697. The van der Waals surface area contributed by atoms with Gasteiger partial charge in [0.2, 0.25) is 0 Å². The van der Waals surface area contributed by atoms with Crippen LogP contribution >= 0.6 is 0 Å². The van der Waals surface area contributed by atoms with Gasteiger partial charge in [0, 0.05) is 18.3 Å². The van der Waals surface area contributed by atoms with Crippen LogP contribution in [0, 0.1) is 6.92 Å². The van der Waals surface area contributed by atoms with Gasteiger partial charge in [-0.15, -0.1) is 0 Å². The van der Waals surface area contributed by atoms with Gasteiger partial charge in [-0.2, -0.15) is 0 Å². The molecule has 13 heavy (non-hydrogen) atoms. The Morgan fingerprint density at radius 2 is 2.38 bits per heavy atom. The molecule has 1 atom stereocenters. The molecule has 0 saturated carbocycles. The Kier molecular flexibility index (Phi) is 1.83. The number of nitrogens with one attached hydrogen (secondary N) is 2. The molecular formula is C8H11F2N3. The fourth-order valence-electron chi connectivity index (χ4n) is 1.52. The predicted molar refractivity (Wildman–Crippen MR) is 43.6 cm³/mol.